The lowest BCUT2D eigenvalue weighted by molar-refractivity contribution is -0.0101. The van der Waals surface area contributed by atoms with Crippen LogP contribution in [0.5, 0.6) is 5.75 Å². The molecule has 0 aliphatic heterocycles. The highest BCUT2D eigenvalue weighted by Crippen LogP contribution is 2.41. The van der Waals surface area contributed by atoms with Crippen molar-refractivity contribution in [1.82, 2.24) is 19.9 Å². The van der Waals surface area contributed by atoms with E-state index < -0.39 is 0 Å². The Bertz CT molecular complexity index is 1250. The lowest BCUT2D eigenvalue weighted by Crippen LogP contribution is -2.37. The number of methoxy groups -OCH3 is 1. The molecule has 5 rings (SSSR count). The number of ether oxygens (including phenoxy) is 2. The van der Waals surface area contributed by atoms with Crippen molar-refractivity contribution in [2.75, 3.05) is 46.2 Å². The second-order valence-electron chi connectivity index (χ2n) is 9.36. The molecule has 0 radical (unpaired) electrons. The Morgan fingerprint density at radius 1 is 1.00 bits per heavy atom. The van der Waals surface area contributed by atoms with E-state index in [1.54, 1.807) is 13.4 Å². The Morgan fingerprint density at radius 2 is 1.80 bits per heavy atom. The van der Waals surface area contributed by atoms with Gasteiger partial charge in [-0.2, -0.15) is 0 Å². The summed E-state index contributed by atoms with van der Waals surface area (Å²) in [6.45, 7) is 2.37. The zero-order valence-electron chi connectivity index (χ0n) is 20.6. The van der Waals surface area contributed by atoms with Crippen LogP contribution < -0.4 is 10.1 Å². The van der Waals surface area contributed by atoms with Gasteiger partial charge in [0, 0.05) is 31.7 Å². The second-order valence-corrected chi connectivity index (χ2v) is 9.36. The van der Waals surface area contributed by atoms with Gasteiger partial charge in [0.2, 0.25) is 0 Å². The first-order valence-corrected chi connectivity index (χ1v) is 12.2. The van der Waals surface area contributed by atoms with E-state index in [1.807, 2.05) is 32.3 Å². The minimum atomic E-state index is 0.327. The third kappa shape index (κ3) is 5.01. The second kappa shape index (κ2) is 10.5. The smallest absolute Gasteiger partial charge is 0.143 e. The van der Waals surface area contributed by atoms with Gasteiger partial charge in [-0.05, 0) is 62.3 Å². The van der Waals surface area contributed by atoms with Crippen molar-refractivity contribution in [3.63, 3.8) is 0 Å². The molecule has 1 fully saturated rings. The van der Waals surface area contributed by atoms with Gasteiger partial charge in [0.15, 0.2) is 0 Å². The van der Waals surface area contributed by atoms with Gasteiger partial charge >= 0.3 is 0 Å². The fourth-order valence-corrected chi connectivity index (χ4v) is 4.64. The van der Waals surface area contributed by atoms with Crippen LogP contribution in [-0.2, 0) is 4.74 Å². The molecule has 1 aliphatic rings. The predicted molar refractivity (Wildman–Crippen MR) is 141 cm³/mol. The van der Waals surface area contributed by atoms with Gasteiger partial charge in [0.05, 0.1) is 17.2 Å². The zero-order chi connectivity index (χ0) is 24.2. The van der Waals surface area contributed by atoms with Gasteiger partial charge in [-0.25, -0.2) is 9.97 Å². The molecule has 7 heteroatoms. The fraction of sp³-hybridized carbons (Fsp3) is 0.357. The van der Waals surface area contributed by atoms with Crippen molar-refractivity contribution in [1.29, 1.82) is 0 Å². The topological polar surface area (TPSA) is 75.3 Å². The fourth-order valence-electron chi connectivity index (χ4n) is 4.64. The first-order chi connectivity index (χ1) is 17.1. The highest BCUT2D eigenvalue weighted by molar-refractivity contribution is 6.07. The maximum Gasteiger partial charge on any atom is 0.143 e. The number of fused-ring (bicyclic) bond motifs is 1. The molecule has 0 amide bonds. The number of hydrogen-bond acceptors (Lipinski definition) is 6. The van der Waals surface area contributed by atoms with Crippen LogP contribution >= 0.6 is 0 Å². The molecule has 7 nitrogen and oxygen atoms in total. The molecule has 35 heavy (non-hydrogen) atoms. The molecule has 182 valence electrons. The molecule has 1 aliphatic carbocycles. The van der Waals surface area contributed by atoms with Crippen LogP contribution in [0.2, 0.25) is 0 Å². The molecule has 4 aromatic rings. The van der Waals surface area contributed by atoms with Gasteiger partial charge in [0.1, 0.15) is 30.1 Å². The Hall–Kier alpha value is -3.42. The van der Waals surface area contributed by atoms with E-state index in [1.165, 1.54) is 6.42 Å². The van der Waals surface area contributed by atoms with Crippen LogP contribution in [0.15, 0.2) is 60.9 Å². The number of H-pyrrole nitrogens is 1. The van der Waals surface area contributed by atoms with E-state index >= 15 is 0 Å². The van der Waals surface area contributed by atoms with E-state index in [9.17, 15) is 0 Å². The van der Waals surface area contributed by atoms with Crippen molar-refractivity contribution >= 4 is 16.9 Å². The number of anilines is 1. The summed E-state index contributed by atoms with van der Waals surface area (Å²) in [7, 11) is 5.88. The summed E-state index contributed by atoms with van der Waals surface area (Å²) in [6, 6.07) is 18.7. The summed E-state index contributed by atoms with van der Waals surface area (Å²) < 4.78 is 11.5. The van der Waals surface area contributed by atoms with Crippen molar-refractivity contribution in [2.45, 2.75) is 18.9 Å². The number of aromatic nitrogens is 3. The minimum absolute atomic E-state index is 0.327. The van der Waals surface area contributed by atoms with E-state index in [0.717, 1.165) is 64.5 Å². The van der Waals surface area contributed by atoms with Crippen molar-refractivity contribution in [3.8, 4) is 28.1 Å². The number of nitrogens with zero attached hydrogens (tertiary/aromatic N) is 3. The summed E-state index contributed by atoms with van der Waals surface area (Å²) in [4.78, 5) is 14.9. The van der Waals surface area contributed by atoms with Gasteiger partial charge in [-0.3, -0.25) is 0 Å². The molecule has 2 atom stereocenters. The molecule has 0 saturated heterocycles. The largest absolute Gasteiger partial charge is 0.492 e. The van der Waals surface area contributed by atoms with Gasteiger partial charge in [-0.1, -0.05) is 30.3 Å². The normalized spacial score (nSPS) is 17.5. The van der Waals surface area contributed by atoms with E-state index in [0.29, 0.717) is 18.6 Å². The highest BCUT2D eigenvalue weighted by atomic mass is 16.5. The van der Waals surface area contributed by atoms with E-state index in [2.05, 4.69) is 61.6 Å². The molecular weight excluding hydrogens is 438 g/mol. The first-order valence-electron chi connectivity index (χ1n) is 12.2. The average Bonchev–Trinajstić information content (AvgIpc) is 3.25. The molecule has 0 unspecified atom stereocenters. The minimum Gasteiger partial charge on any atom is -0.492 e. The number of hydrogen-bond donors (Lipinski definition) is 2. The standard InChI is InChI=1S/C28H33N5O2/c1-33(2)15-16-35-22-12-9-20(10-13-22)26-24(19-7-5-4-6-8-19)25-27(30-18-31-28(25)32-26)29-17-21-11-14-23(21)34-3/h4-10,12-13,18,21,23H,11,14-17H2,1-3H3,(H2,29,30,31,32)/t21-,23-/m0/s1. The third-order valence-corrected chi connectivity index (χ3v) is 6.79. The number of likely N-dealkylation sites (N-methyl/N-ethyl adjacent to an activating group) is 1. The number of rotatable bonds is 10. The molecule has 2 N–H and O–H groups in total. The summed E-state index contributed by atoms with van der Waals surface area (Å²) in [5, 5.41) is 4.60. The maximum absolute atomic E-state index is 5.89. The number of nitrogens with one attached hydrogen (secondary N) is 2. The third-order valence-electron chi connectivity index (χ3n) is 6.79. The molecular formula is C28H33N5O2. The summed E-state index contributed by atoms with van der Waals surface area (Å²) in [5.41, 5.74) is 5.14. The number of aromatic amines is 1. The Balaban J connectivity index is 1.50. The van der Waals surface area contributed by atoms with Crippen molar-refractivity contribution in [2.24, 2.45) is 5.92 Å². The lowest BCUT2D eigenvalue weighted by atomic mass is 9.82. The SMILES string of the molecule is CO[C@H]1CC[C@H]1CNc1ncnc2[nH]c(-c3ccc(OCCN(C)C)cc3)c(-c3ccccc3)c12. The van der Waals surface area contributed by atoms with Crippen molar-refractivity contribution < 1.29 is 9.47 Å². The van der Waals surface area contributed by atoms with E-state index in [4.69, 9.17) is 9.47 Å². The molecule has 0 spiro atoms. The van der Waals surface area contributed by atoms with Crippen LogP contribution in [0.3, 0.4) is 0 Å². The Kier molecular flexibility index (Phi) is 6.97. The first kappa shape index (κ1) is 23.3. The molecule has 2 aromatic carbocycles. The van der Waals surface area contributed by atoms with E-state index in [-0.39, 0.29) is 0 Å². The van der Waals surface area contributed by atoms with Crippen LogP contribution in [0.25, 0.3) is 33.4 Å². The van der Waals surface area contributed by atoms with Gasteiger partial charge in [-0.15, -0.1) is 0 Å². The van der Waals surface area contributed by atoms with Crippen LogP contribution in [-0.4, -0.2) is 66.9 Å². The molecule has 2 heterocycles. The molecule has 0 bridgehead atoms. The monoisotopic (exact) mass is 471 g/mol. The number of benzene rings is 2. The van der Waals surface area contributed by atoms with Gasteiger partial charge in [0.25, 0.3) is 0 Å². The van der Waals surface area contributed by atoms with Crippen molar-refractivity contribution in [3.05, 3.63) is 60.9 Å². The lowest BCUT2D eigenvalue weighted by Gasteiger charge is -2.35. The average molecular weight is 472 g/mol. The van der Waals surface area contributed by atoms with Crippen LogP contribution in [0, 0.1) is 5.92 Å². The van der Waals surface area contributed by atoms with Gasteiger partial charge < -0.3 is 24.7 Å². The molecule has 1 saturated carbocycles. The maximum atomic E-state index is 5.89. The highest BCUT2D eigenvalue weighted by Gasteiger charge is 2.31. The summed E-state index contributed by atoms with van der Waals surface area (Å²) in [5.74, 6) is 2.22. The Morgan fingerprint density at radius 3 is 2.49 bits per heavy atom. The Labute approximate surface area is 206 Å². The predicted octanol–water partition coefficient (Wildman–Crippen LogP) is 5.07. The zero-order valence-corrected chi connectivity index (χ0v) is 20.6. The summed E-state index contributed by atoms with van der Waals surface area (Å²) in [6.07, 6.45) is 4.25. The quantitative estimate of drug-likeness (QED) is 0.336. The molecule has 2 aromatic heterocycles. The van der Waals surface area contributed by atoms with Crippen LogP contribution in [0.4, 0.5) is 5.82 Å². The summed E-state index contributed by atoms with van der Waals surface area (Å²) >= 11 is 0. The van der Waals surface area contributed by atoms with Crippen LogP contribution in [0.1, 0.15) is 12.8 Å².